The Labute approximate surface area is 149 Å². The quantitative estimate of drug-likeness (QED) is 0.796. The number of rotatable bonds is 6. The van der Waals surface area contributed by atoms with E-state index in [1.807, 2.05) is 6.92 Å². The van der Waals surface area contributed by atoms with Gasteiger partial charge in [-0.3, -0.25) is 4.79 Å². The van der Waals surface area contributed by atoms with E-state index in [2.05, 4.69) is 10.0 Å². The fourth-order valence-corrected chi connectivity index (χ4v) is 3.25. The molecule has 26 heavy (non-hydrogen) atoms. The topological polar surface area (TPSA) is 75.3 Å². The predicted octanol–water partition coefficient (Wildman–Crippen LogP) is 3.65. The number of anilines is 1. The molecule has 2 aromatic carbocycles. The van der Waals surface area contributed by atoms with Gasteiger partial charge < -0.3 is 5.32 Å². The number of alkyl halides is 3. The molecule has 2 rings (SSSR count). The molecule has 5 nitrogen and oxygen atoms in total. The Hall–Kier alpha value is -2.39. The van der Waals surface area contributed by atoms with Crippen LogP contribution in [0.2, 0.25) is 0 Å². The third kappa shape index (κ3) is 5.06. The summed E-state index contributed by atoms with van der Waals surface area (Å²) in [6, 6.07) is 9.36. The van der Waals surface area contributed by atoms with Gasteiger partial charge in [-0.2, -0.15) is 13.2 Å². The van der Waals surface area contributed by atoms with E-state index in [1.54, 1.807) is 0 Å². The first kappa shape index (κ1) is 19.9. The smallest absolute Gasteiger partial charge is 0.322 e. The van der Waals surface area contributed by atoms with Crippen LogP contribution in [0.4, 0.5) is 18.9 Å². The number of carbonyl (C=O) groups is 1. The van der Waals surface area contributed by atoms with Gasteiger partial charge in [0.2, 0.25) is 10.0 Å². The van der Waals surface area contributed by atoms with E-state index in [0.29, 0.717) is 6.42 Å². The van der Waals surface area contributed by atoms with Crippen LogP contribution in [-0.2, 0) is 16.2 Å². The molecule has 0 spiro atoms. The van der Waals surface area contributed by atoms with Crippen molar-refractivity contribution in [2.75, 3.05) is 11.9 Å². The molecule has 0 saturated carbocycles. The van der Waals surface area contributed by atoms with E-state index < -0.39 is 27.7 Å². The Morgan fingerprint density at radius 3 is 2.31 bits per heavy atom. The van der Waals surface area contributed by atoms with Crippen molar-refractivity contribution in [3.63, 3.8) is 0 Å². The third-order valence-corrected chi connectivity index (χ3v) is 4.88. The first-order valence-electron chi connectivity index (χ1n) is 7.72. The summed E-state index contributed by atoms with van der Waals surface area (Å²) in [5, 5.41) is 2.44. The van der Waals surface area contributed by atoms with Crippen LogP contribution in [0, 0.1) is 0 Å². The zero-order chi connectivity index (χ0) is 19.4. The molecular formula is C17H17F3N2O3S. The Morgan fingerprint density at radius 1 is 1.08 bits per heavy atom. The molecule has 1 amide bonds. The largest absolute Gasteiger partial charge is 0.416 e. The fourth-order valence-electron chi connectivity index (χ4n) is 2.07. The highest BCUT2D eigenvalue weighted by atomic mass is 32.2. The van der Waals surface area contributed by atoms with Crippen molar-refractivity contribution in [1.29, 1.82) is 0 Å². The first-order chi connectivity index (χ1) is 12.1. The molecule has 0 fully saturated rings. The number of hydrogen-bond donors (Lipinski definition) is 2. The molecule has 0 heterocycles. The highest BCUT2D eigenvalue weighted by Gasteiger charge is 2.30. The van der Waals surface area contributed by atoms with Gasteiger partial charge in [0.25, 0.3) is 5.91 Å². The number of sulfonamides is 1. The maximum atomic E-state index is 12.5. The lowest BCUT2D eigenvalue weighted by Crippen LogP contribution is -2.24. The number of carbonyl (C=O) groups excluding carboxylic acids is 1. The van der Waals surface area contributed by atoms with Gasteiger partial charge in [-0.25, -0.2) is 13.1 Å². The molecule has 0 bridgehead atoms. The summed E-state index contributed by atoms with van der Waals surface area (Å²) >= 11 is 0. The van der Waals surface area contributed by atoms with Crippen LogP contribution >= 0.6 is 0 Å². The monoisotopic (exact) mass is 386 g/mol. The van der Waals surface area contributed by atoms with E-state index in [4.69, 9.17) is 0 Å². The van der Waals surface area contributed by atoms with Crippen LogP contribution in [0.15, 0.2) is 53.4 Å². The highest BCUT2D eigenvalue weighted by molar-refractivity contribution is 7.89. The van der Waals surface area contributed by atoms with Gasteiger partial charge in [0.05, 0.1) is 10.5 Å². The summed E-state index contributed by atoms with van der Waals surface area (Å²) in [5.74, 6) is -0.627. The molecule has 0 aromatic heterocycles. The molecule has 0 saturated heterocycles. The second-order valence-electron chi connectivity index (χ2n) is 5.45. The van der Waals surface area contributed by atoms with Crippen molar-refractivity contribution in [3.05, 3.63) is 59.7 Å². The Kier molecular flexibility index (Phi) is 6.04. The molecule has 9 heteroatoms. The molecule has 0 aliphatic carbocycles. The van der Waals surface area contributed by atoms with E-state index in [1.165, 1.54) is 24.3 Å². The van der Waals surface area contributed by atoms with Crippen LogP contribution in [0.1, 0.15) is 29.3 Å². The van der Waals surface area contributed by atoms with Crippen LogP contribution in [-0.4, -0.2) is 20.9 Å². The minimum absolute atomic E-state index is 0.0639. The number of amides is 1. The zero-order valence-corrected chi connectivity index (χ0v) is 14.6. The van der Waals surface area contributed by atoms with Gasteiger partial charge in [0.15, 0.2) is 0 Å². The lowest BCUT2D eigenvalue weighted by atomic mass is 10.2. The number of nitrogens with one attached hydrogen (secondary N) is 2. The van der Waals surface area contributed by atoms with E-state index in [-0.39, 0.29) is 22.7 Å². The van der Waals surface area contributed by atoms with Gasteiger partial charge in [-0.1, -0.05) is 13.0 Å². The molecule has 140 valence electrons. The average Bonchev–Trinajstić information content (AvgIpc) is 2.60. The van der Waals surface area contributed by atoms with E-state index >= 15 is 0 Å². The summed E-state index contributed by atoms with van der Waals surface area (Å²) in [7, 11) is -3.73. The Morgan fingerprint density at radius 2 is 1.73 bits per heavy atom. The summed E-state index contributed by atoms with van der Waals surface area (Å²) < 4.78 is 64.2. The standard InChI is InChI=1S/C17H17F3N2O3S/c1-2-10-21-26(24,25)15-5-3-4-12(11-15)16(23)22-14-8-6-13(7-9-14)17(18,19)20/h3-9,11,21H,2,10H2,1H3,(H,22,23). The van der Waals surface area contributed by atoms with Gasteiger partial charge in [0.1, 0.15) is 0 Å². The minimum Gasteiger partial charge on any atom is -0.322 e. The van der Waals surface area contributed by atoms with E-state index in [0.717, 1.165) is 24.3 Å². The van der Waals surface area contributed by atoms with Crippen LogP contribution in [0.3, 0.4) is 0 Å². The van der Waals surface area contributed by atoms with E-state index in [9.17, 15) is 26.4 Å². The van der Waals surface area contributed by atoms with Crippen molar-refractivity contribution < 1.29 is 26.4 Å². The van der Waals surface area contributed by atoms with Gasteiger partial charge in [-0.05, 0) is 48.9 Å². The molecular weight excluding hydrogens is 369 g/mol. The molecule has 2 N–H and O–H groups in total. The molecule has 2 aromatic rings. The second kappa shape index (κ2) is 7.88. The molecule has 0 radical (unpaired) electrons. The maximum absolute atomic E-state index is 12.5. The number of halogens is 3. The predicted molar refractivity (Wildman–Crippen MR) is 91.3 cm³/mol. The SMILES string of the molecule is CCCNS(=O)(=O)c1cccc(C(=O)Nc2ccc(C(F)(F)F)cc2)c1. The van der Waals surface area contributed by atoms with Gasteiger partial charge in [-0.15, -0.1) is 0 Å². The fraction of sp³-hybridized carbons (Fsp3) is 0.235. The van der Waals surface area contributed by atoms with Crippen LogP contribution < -0.4 is 10.0 Å². The van der Waals surface area contributed by atoms with Crippen molar-refractivity contribution in [1.82, 2.24) is 4.72 Å². The minimum atomic E-state index is -4.46. The van der Waals surface area contributed by atoms with Gasteiger partial charge >= 0.3 is 6.18 Å². The van der Waals surface area contributed by atoms with Crippen molar-refractivity contribution in [2.24, 2.45) is 0 Å². The summed E-state index contributed by atoms with van der Waals surface area (Å²) in [4.78, 5) is 12.2. The molecule has 0 unspecified atom stereocenters. The van der Waals surface area contributed by atoms with Crippen molar-refractivity contribution in [3.8, 4) is 0 Å². The van der Waals surface area contributed by atoms with Crippen LogP contribution in [0.5, 0.6) is 0 Å². The normalized spacial score (nSPS) is 12.0. The number of benzene rings is 2. The third-order valence-electron chi connectivity index (χ3n) is 3.42. The molecule has 0 aliphatic rings. The summed E-state index contributed by atoms with van der Waals surface area (Å²) in [5.41, 5.74) is -0.588. The maximum Gasteiger partial charge on any atom is 0.416 e. The lowest BCUT2D eigenvalue weighted by Gasteiger charge is -2.10. The van der Waals surface area contributed by atoms with Crippen molar-refractivity contribution in [2.45, 2.75) is 24.4 Å². The van der Waals surface area contributed by atoms with Crippen molar-refractivity contribution >= 4 is 21.6 Å². The lowest BCUT2D eigenvalue weighted by molar-refractivity contribution is -0.137. The number of hydrogen-bond acceptors (Lipinski definition) is 3. The average molecular weight is 386 g/mol. The first-order valence-corrected chi connectivity index (χ1v) is 9.20. The Bertz CT molecular complexity index is 879. The highest BCUT2D eigenvalue weighted by Crippen LogP contribution is 2.29. The Balaban J connectivity index is 2.16. The van der Waals surface area contributed by atoms with Crippen LogP contribution in [0.25, 0.3) is 0 Å². The zero-order valence-electron chi connectivity index (χ0n) is 13.8. The summed E-state index contributed by atoms with van der Waals surface area (Å²) in [6.45, 7) is 2.08. The molecule has 0 aliphatic heterocycles. The summed E-state index contributed by atoms with van der Waals surface area (Å²) in [6.07, 6.45) is -3.84. The second-order valence-corrected chi connectivity index (χ2v) is 7.22. The van der Waals surface area contributed by atoms with Gasteiger partial charge in [0, 0.05) is 17.8 Å². The molecule has 0 atom stereocenters.